The average molecular weight is 1070 g/mol. The Balaban J connectivity index is 0.860. The summed E-state index contributed by atoms with van der Waals surface area (Å²) >= 11 is 0. The fourth-order valence-corrected chi connectivity index (χ4v) is 15.0. The number of para-hydroxylation sites is 2. The molecule has 13 aromatic carbocycles. The summed E-state index contributed by atoms with van der Waals surface area (Å²) in [6.07, 6.45) is 9.67. The summed E-state index contributed by atoms with van der Waals surface area (Å²) in [5, 5.41) is 10.0. The lowest BCUT2D eigenvalue weighted by molar-refractivity contribution is 0.687. The van der Waals surface area contributed by atoms with Crippen LogP contribution in [-0.4, -0.2) is 9.13 Å². The Bertz CT molecular complexity index is 4780. The van der Waals surface area contributed by atoms with Crippen LogP contribution in [0.15, 0.2) is 267 Å². The van der Waals surface area contributed by atoms with Crippen LogP contribution in [0.2, 0.25) is 0 Å². The number of fused-ring (bicyclic) bond motifs is 10. The van der Waals surface area contributed by atoms with Crippen LogP contribution in [0.4, 0.5) is 0 Å². The van der Waals surface area contributed by atoms with E-state index >= 15 is 0 Å². The van der Waals surface area contributed by atoms with Gasteiger partial charge in [0.15, 0.2) is 0 Å². The molecule has 0 atom stereocenters. The van der Waals surface area contributed by atoms with Crippen molar-refractivity contribution in [2.24, 2.45) is 0 Å². The highest BCUT2D eigenvalue weighted by Gasteiger charge is 2.23. The van der Waals surface area contributed by atoms with E-state index in [2.05, 4.69) is 276 Å². The van der Waals surface area contributed by atoms with Gasteiger partial charge in [-0.3, -0.25) is 0 Å². The smallest absolute Gasteiger partial charge is 0.0541 e. The third kappa shape index (κ3) is 7.92. The van der Waals surface area contributed by atoms with Gasteiger partial charge in [-0.05, 0) is 247 Å². The minimum atomic E-state index is 1.14. The van der Waals surface area contributed by atoms with Gasteiger partial charge in [-0.25, -0.2) is 0 Å². The Labute approximate surface area is 490 Å². The number of rotatable bonds is 8. The second-order valence-corrected chi connectivity index (χ2v) is 23.6. The predicted octanol–water partition coefficient (Wildman–Crippen LogP) is 21.9. The highest BCUT2D eigenvalue weighted by molar-refractivity contribution is 6.23. The van der Waals surface area contributed by atoms with Gasteiger partial charge in [0, 0.05) is 32.9 Å². The number of benzene rings is 13. The SMILES string of the molecule is c1ccc(-c2c3ccc(-c4ccc5c(c4)c4cc(-c6cccc7c6CCCC7)ccc4n5-c4ccccc4)cc3c(-c3ccccc3)c3ccc(-c4ccc5c(c4)c4cc(-c6cccc7c6CCCC7)ccc4n5-c4ccccc4)cc23)cc1. The molecule has 0 saturated carbocycles. The van der Waals surface area contributed by atoms with Crippen LogP contribution in [0.3, 0.4) is 0 Å². The standard InChI is InChI=1S/C82H60N2/c1-5-21-55(22-6-1)81-69-41-35-58(60-38-44-78-72(48-60)74-52-62(68-34-18-26-54-20-14-16-32-66(54)68)40-46-80(74)84(78)64-29-11-4-12-30-64)50-76(69)82(56-23-7-2-8-24-56)70-42-36-57(49-75(70)81)59-37-43-77-71(47-59)73-51-61(67-33-17-25-53-19-13-15-31-65(53)67)39-45-79(73)83(77)63-27-9-3-10-28-63/h1-12,17-18,21-30,33-52H,13-16,19-20,31-32H2. The molecule has 2 aromatic heterocycles. The molecule has 398 valence electrons. The molecule has 2 heteroatoms. The third-order valence-electron chi connectivity index (χ3n) is 18.9. The van der Waals surface area contributed by atoms with Crippen LogP contribution in [-0.2, 0) is 25.7 Å². The molecule has 0 radical (unpaired) electrons. The largest absolute Gasteiger partial charge is 0.309 e. The molecule has 0 amide bonds. The van der Waals surface area contributed by atoms with E-state index in [4.69, 9.17) is 0 Å². The highest BCUT2D eigenvalue weighted by atomic mass is 15.0. The first kappa shape index (κ1) is 48.7. The van der Waals surface area contributed by atoms with E-state index in [-0.39, 0.29) is 0 Å². The lowest BCUT2D eigenvalue weighted by Gasteiger charge is -2.20. The predicted molar refractivity (Wildman–Crippen MR) is 356 cm³/mol. The normalized spacial score (nSPS) is 13.3. The van der Waals surface area contributed by atoms with E-state index in [0.29, 0.717) is 0 Å². The van der Waals surface area contributed by atoms with Gasteiger partial charge in [0.2, 0.25) is 0 Å². The number of aryl methyl sites for hydroxylation is 2. The van der Waals surface area contributed by atoms with E-state index in [1.54, 1.807) is 0 Å². The summed E-state index contributed by atoms with van der Waals surface area (Å²) in [6.45, 7) is 0. The van der Waals surface area contributed by atoms with Gasteiger partial charge < -0.3 is 9.13 Å². The Morgan fingerprint density at radius 2 is 0.536 bits per heavy atom. The van der Waals surface area contributed by atoms with Crippen molar-refractivity contribution >= 4 is 65.2 Å². The zero-order valence-corrected chi connectivity index (χ0v) is 47.0. The minimum Gasteiger partial charge on any atom is -0.309 e. The second kappa shape index (κ2) is 19.9. The number of nitrogens with zero attached hydrogens (tertiary/aromatic N) is 2. The van der Waals surface area contributed by atoms with Gasteiger partial charge >= 0.3 is 0 Å². The molecule has 17 rings (SSSR count). The molecule has 0 spiro atoms. The van der Waals surface area contributed by atoms with Gasteiger partial charge in [-0.1, -0.05) is 182 Å². The Hall–Kier alpha value is -10.0. The fraction of sp³-hybridized carbons (Fsp3) is 0.0976. The maximum atomic E-state index is 2.48. The van der Waals surface area contributed by atoms with Gasteiger partial charge in [0.25, 0.3) is 0 Å². The summed E-state index contributed by atoms with van der Waals surface area (Å²) < 4.78 is 4.90. The summed E-state index contributed by atoms with van der Waals surface area (Å²) in [5.74, 6) is 0. The van der Waals surface area contributed by atoms with Crippen molar-refractivity contribution in [2.75, 3.05) is 0 Å². The highest BCUT2D eigenvalue weighted by Crippen LogP contribution is 2.48. The molecule has 2 nitrogen and oxygen atoms in total. The van der Waals surface area contributed by atoms with Crippen LogP contribution in [0, 0.1) is 0 Å². The maximum Gasteiger partial charge on any atom is 0.0541 e. The second-order valence-electron chi connectivity index (χ2n) is 23.6. The monoisotopic (exact) mass is 1070 g/mol. The van der Waals surface area contributed by atoms with Crippen LogP contribution < -0.4 is 0 Å². The van der Waals surface area contributed by atoms with Gasteiger partial charge in [-0.2, -0.15) is 0 Å². The van der Waals surface area contributed by atoms with Crippen molar-refractivity contribution in [1.82, 2.24) is 9.13 Å². The average Bonchev–Trinajstić information content (AvgIpc) is 2.40. The maximum absolute atomic E-state index is 2.48. The molecule has 0 bridgehead atoms. The molecule has 0 saturated heterocycles. The van der Waals surface area contributed by atoms with Crippen LogP contribution in [0.25, 0.3) is 143 Å². The molecule has 2 heterocycles. The number of hydrogen-bond donors (Lipinski definition) is 0. The van der Waals surface area contributed by atoms with Crippen LogP contribution in [0.5, 0.6) is 0 Å². The summed E-state index contributed by atoms with van der Waals surface area (Å²) in [5.41, 5.74) is 28.4. The van der Waals surface area contributed by atoms with Crippen LogP contribution in [0.1, 0.15) is 47.9 Å². The zero-order chi connectivity index (χ0) is 55.2. The summed E-state index contributed by atoms with van der Waals surface area (Å²) in [7, 11) is 0. The molecule has 0 unspecified atom stereocenters. The first-order valence-electron chi connectivity index (χ1n) is 30.3. The third-order valence-corrected chi connectivity index (χ3v) is 18.9. The van der Waals surface area contributed by atoms with E-state index in [1.807, 2.05) is 0 Å². The molecule has 15 aromatic rings. The van der Waals surface area contributed by atoms with E-state index in [9.17, 15) is 0 Å². The molecule has 2 aliphatic carbocycles. The number of aromatic nitrogens is 2. The minimum absolute atomic E-state index is 1.14. The van der Waals surface area contributed by atoms with E-state index < -0.39 is 0 Å². The van der Waals surface area contributed by atoms with Crippen LogP contribution >= 0.6 is 0 Å². The number of hydrogen-bond acceptors (Lipinski definition) is 0. The van der Waals surface area contributed by atoms with Gasteiger partial charge in [0.1, 0.15) is 0 Å². The first-order chi connectivity index (χ1) is 41.7. The quantitative estimate of drug-likeness (QED) is 0.134. The molecule has 0 aliphatic heterocycles. The molecular weight excluding hydrogens is 1010 g/mol. The fourth-order valence-electron chi connectivity index (χ4n) is 15.0. The molecule has 0 N–H and O–H groups in total. The van der Waals surface area contributed by atoms with Crippen molar-refractivity contribution in [3.8, 4) is 78.1 Å². The van der Waals surface area contributed by atoms with Crippen molar-refractivity contribution in [3.05, 3.63) is 289 Å². The molecule has 0 fully saturated rings. The van der Waals surface area contributed by atoms with Gasteiger partial charge in [0.05, 0.1) is 22.1 Å². The summed E-state index contributed by atoms with van der Waals surface area (Å²) in [4.78, 5) is 0. The molecule has 84 heavy (non-hydrogen) atoms. The lowest BCUT2D eigenvalue weighted by atomic mass is 9.83. The topological polar surface area (TPSA) is 9.86 Å². The van der Waals surface area contributed by atoms with E-state index in [0.717, 1.165) is 12.8 Å². The van der Waals surface area contributed by atoms with Crippen molar-refractivity contribution in [2.45, 2.75) is 51.4 Å². The van der Waals surface area contributed by atoms with Crippen molar-refractivity contribution in [1.29, 1.82) is 0 Å². The Kier molecular flexibility index (Phi) is 11.5. The Morgan fingerprint density at radius 1 is 0.214 bits per heavy atom. The van der Waals surface area contributed by atoms with E-state index in [1.165, 1.54) is 204 Å². The molecule has 2 aliphatic rings. The van der Waals surface area contributed by atoms with Crippen molar-refractivity contribution < 1.29 is 0 Å². The van der Waals surface area contributed by atoms with Gasteiger partial charge in [-0.15, -0.1) is 0 Å². The lowest BCUT2D eigenvalue weighted by Crippen LogP contribution is -2.04. The molecular formula is C82H60N2. The Morgan fingerprint density at radius 3 is 0.929 bits per heavy atom. The summed E-state index contributed by atoms with van der Waals surface area (Å²) in [6, 6.07) is 101. The van der Waals surface area contributed by atoms with Crippen molar-refractivity contribution in [3.63, 3.8) is 0 Å². The zero-order valence-electron chi connectivity index (χ0n) is 47.0. The first-order valence-corrected chi connectivity index (χ1v) is 30.3.